The van der Waals surface area contributed by atoms with Gasteiger partial charge < -0.3 is 15.2 Å². The summed E-state index contributed by atoms with van der Waals surface area (Å²) in [5.74, 6) is 2.37. The van der Waals surface area contributed by atoms with Gasteiger partial charge in [0.05, 0.1) is 0 Å². The summed E-state index contributed by atoms with van der Waals surface area (Å²) in [7, 11) is 0. The Balaban J connectivity index is 1.80. The van der Waals surface area contributed by atoms with Crippen molar-refractivity contribution >= 4 is 17.4 Å². The molecular formula is C17H19NO2S. The molecule has 2 aromatic carbocycles. The van der Waals surface area contributed by atoms with E-state index in [1.807, 2.05) is 12.1 Å². The first-order chi connectivity index (χ1) is 10.1. The third-order valence-corrected chi connectivity index (χ3v) is 4.74. The Morgan fingerprint density at radius 2 is 1.76 bits per heavy atom. The molecule has 0 atom stereocenters. The minimum absolute atomic E-state index is 0.586. The monoisotopic (exact) mass is 301 g/mol. The van der Waals surface area contributed by atoms with E-state index in [4.69, 9.17) is 15.2 Å². The van der Waals surface area contributed by atoms with Crippen molar-refractivity contribution in [2.45, 2.75) is 24.5 Å². The van der Waals surface area contributed by atoms with Crippen LogP contribution in [0.15, 0.2) is 35.2 Å². The summed E-state index contributed by atoms with van der Waals surface area (Å²) < 4.78 is 11.2. The van der Waals surface area contributed by atoms with Crippen molar-refractivity contribution in [1.29, 1.82) is 0 Å². The molecule has 2 N–H and O–H groups in total. The van der Waals surface area contributed by atoms with Gasteiger partial charge in [-0.2, -0.15) is 0 Å². The highest BCUT2D eigenvalue weighted by Gasteiger charge is 2.15. The number of hydrogen-bond acceptors (Lipinski definition) is 4. The van der Waals surface area contributed by atoms with E-state index >= 15 is 0 Å². The summed E-state index contributed by atoms with van der Waals surface area (Å²) in [6.07, 6.45) is 0. The van der Waals surface area contributed by atoms with E-state index in [9.17, 15) is 0 Å². The highest BCUT2D eigenvalue weighted by molar-refractivity contribution is 7.98. The van der Waals surface area contributed by atoms with E-state index in [2.05, 4.69) is 32.0 Å². The van der Waals surface area contributed by atoms with E-state index in [1.165, 1.54) is 16.0 Å². The molecule has 1 aliphatic rings. The van der Waals surface area contributed by atoms with Gasteiger partial charge in [-0.3, -0.25) is 0 Å². The Bertz CT molecular complexity index is 670. The number of nitrogen functional groups attached to an aromatic ring is 1. The minimum atomic E-state index is 0.586. The number of ether oxygens (including phenoxy) is 2. The lowest BCUT2D eigenvalue weighted by atomic mass is 10.1. The normalized spacial score (nSPS) is 13.2. The van der Waals surface area contributed by atoms with Crippen molar-refractivity contribution in [2.24, 2.45) is 0 Å². The topological polar surface area (TPSA) is 44.5 Å². The molecule has 2 aromatic rings. The molecule has 0 bridgehead atoms. The molecule has 0 spiro atoms. The molecule has 0 fully saturated rings. The number of fused-ring (bicyclic) bond motifs is 1. The van der Waals surface area contributed by atoms with Crippen LogP contribution in [-0.2, 0) is 5.75 Å². The van der Waals surface area contributed by atoms with Crippen molar-refractivity contribution in [1.82, 2.24) is 0 Å². The average molecular weight is 301 g/mol. The van der Waals surface area contributed by atoms with Crippen LogP contribution in [0.3, 0.4) is 0 Å². The summed E-state index contributed by atoms with van der Waals surface area (Å²) in [6.45, 7) is 5.43. The summed E-state index contributed by atoms with van der Waals surface area (Å²) in [6, 6.07) is 10.4. The quantitative estimate of drug-likeness (QED) is 0.688. The number of aryl methyl sites for hydroxylation is 2. The maximum absolute atomic E-state index is 6.13. The Hall–Kier alpha value is -1.81. The first kappa shape index (κ1) is 14.1. The number of nitrogens with two attached hydrogens (primary N) is 1. The maximum atomic E-state index is 6.13. The van der Waals surface area contributed by atoms with Crippen LogP contribution in [-0.4, -0.2) is 13.2 Å². The van der Waals surface area contributed by atoms with Gasteiger partial charge in [0.15, 0.2) is 11.5 Å². The van der Waals surface area contributed by atoms with Crippen LogP contribution < -0.4 is 15.2 Å². The van der Waals surface area contributed by atoms with Gasteiger partial charge in [0.25, 0.3) is 0 Å². The van der Waals surface area contributed by atoms with Gasteiger partial charge in [-0.05, 0) is 37.1 Å². The van der Waals surface area contributed by atoms with E-state index in [1.54, 1.807) is 11.8 Å². The summed E-state index contributed by atoms with van der Waals surface area (Å²) in [5.41, 5.74) is 10.5. The summed E-state index contributed by atoms with van der Waals surface area (Å²) in [5, 5.41) is 0. The van der Waals surface area contributed by atoms with E-state index in [0.717, 1.165) is 28.5 Å². The van der Waals surface area contributed by atoms with Crippen LogP contribution in [0.25, 0.3) is 0 Å². The molecule has 0 unspecified atom stereocenters. The van der Waals surface area contributed by atoms with Crippen molar-refractivity contribution < 1.29 is 9.47 Å². The van der Waals surface area contributed by atoms with Crippen LogP contribution in [0.1, 0.15) is 16.7 Å². The molecule has 0 aromatic heterocycles. The van der Waals surface area contributed by atoms with Gasteiger partial charge in [-0.25, -0.2) is 0 Å². The molecule has 0 saturated heterocycles. The van der Waals surface area contributed by atoms with Crippen LogP contribution in [0, 0.1) is 13.8 Å². The van der Waals surface area contributed by atoms with Crippen molar-refractivity contribution in [3.8, 4) is 11.5 Å². The third kappa shape index (κ3) is 3.10. The number of hydrogen-bond donors (Lipinski definition) is 1. The lowest BCUT2D eigenvalue weighted by Crippen LogP contribution is -2.15. The Labute approximate surface area is 129 Å². The zero-order chi connectivity index (χ0) is 14.8. The molecule has 0 radical (unpaired) electrons. The number of anilines is 1. The second-order valence-electron chi connectivity index (χ2n) is 5.25. The molecule has 0 aliphatic carbocycles. The first-order valence-corrected chi connectivity index (χ1v) is 8.00. The molecule has 110 valence electrons. The minimum Gasteiger partial charge on any atom is -0.486 e. The number of rotatable bonds is 3. The highest BCUT2D eigenvalue weighted by Crippen LogP contribution is 2.37. The van der Waals surface area contributed by atoms with E-state index < -0.39 is 0 Å². The molecule has 21 heavy (non-hydrogen) atoms. The molecule has 3 rings (SSSR count). The second-order valence-corrected chi connectivity index (χ2v) is 6.27. The van der Waals surface area contributed by atoms with Crippen LogP contribution >= 0.6 is 11.8 Å². The molecule has 3 nitrogen and oxygen atoms in total. The Morgan fingerprint density at radius 3 is 2.52 bits per heavy atom. The van der Waals surface area contributed by atoms with E-state index in [-0.39, 0.29) is 0 Å². The van der Waals surface area contributed by atoms with Crippen molar-refractivity contribution in [3.05, 3.63) is 47.0 Å². The zero-order valence-electron chi connectivity index (χ0n) is 12.3. The fraction of sp³-hybridized carbons (Fsp3) is 0.294. The average Bonchev–Trinajstić information content (AvgIpc) is 2.48. The van der Waals surface area contributed by atoms with Gasteiger partial charge in [0, 0.05) is 22.4 Å². The van der Waals surface area contributed by atoms with Gasteiger partial charge in [-0.15, -0.1) is 11.8 Å². The van der Waals surface area contributed by atoms with E-state index in [0.29, 0.717) is 13.2 Å². The fourth-order valence-corrected chi connectivity index (χ4v) is 3.42. The van der Waals surface area contributed by atoms with Crippen molar-refractivity contribution in [3.63, 3.8) is 0 Å². The Morgan fingerprint density at radius 1 is 1.05 bits per heavy atom. The number of thioether (sulfide) groups is 1. The standard InChI is InChI=1S/C17H19NO2S/c1-11-3-4-12(2)17(7-11)21-10-13-8-15-16(9-14(13)18)20-6-5-19-15/h3-4,7-9H,5-6,10,18H2,1-2H3. The van der Waals surface area contributed by atoms with Gasteiger partial charge in [0.1, 0.15) is 13.2 Å². The largest absolute Gasteiger partial charge is 0.486 e. The molecular weight excluding hydrogens is 282 g/mol. The number of benzene rings is 2. The SMILES string of the molecule is Cc1ccc(C)c(SCc2cc3c(cc2N)OCCO3)c1. The fourth-order valence-electron chi connectivity index (χ4n) is 2.29. The smallest absolute Gasteiger partial charge is 0.163 e. The van der Waals surface area contributed by atoms with Gasteiger partial charge in [-0.1, -0.05) is 17.7 Å². The summed E-state index contributed by atoms with van der Waals surface area (Å²) in [4.78, 5) is 1.30. The third-order valence-electron chi connectivity index (χ3n) is 3.53. The second kappa shape index (κ2) is 5.90. The molecule has 1 aliphatic heterocycles. The van der Waals surface area contributed by atoms with Crippen LogP contribution in [0.5, 0.6) is 11.5 Å². The predicted molar refractivity (Wildman–Crippen MR) is 87.3 cm³/mol. The Kier molecular flexibility index (Phi) is 3.97. The molecule has 1 heterocycles. The lowest BCUT2D eigenvalue weighted by molar-refractivity contribution is 0.171. The first-order valence-electron chi connectivity index (χ1n) is 7.01. The summed E-state index contributed by atoms with van der Waals surface area (Å²) >= 11 is 1.80. The lowest BCUT2D eigenvalue weighted by Gasteiger charge is -2.20. The molecule has 0 saturated carbocycles. The zero-order valence-corrected chi connectivity index (χ0v) is 13.1. The molecule has 0 amide bonds. The van der Waals surface area contributed by atoms with Gasteiger partial charge >= 0.3 is 0 Å². The maximum Gasteiger partial charge on any atom is 0.163 e. The van der Waals surface area contributed by atoms with Crippen LogP contribution in [0.2, 0.25) is 0 Å². The molecule has 4 heteroatoms. The van der Waals surface area contributed by atoms with Crippen molar-refractivity contribution in [2.75, 3.05) is 18.9 Å². The predicted octanol–water partition coefficient (Wildman–Crippen LogP) is 3.95. The highest BCUT2D eigenvalue weighted by atomic mass is 32.2. The van der Waals surface area contributed by atoms with Crippen LogP contribution in [0.4, 0.5) is 5.69 Å². The van der Waals surface area contributed by atoms with Gasteiger partial charge in [0.2, 0.25) is 0 Å².